The number of halogens is 1. The molecule has 4 rings (SSSR count). The fourth-order valence-electron chi connectivity index (χ4n) is 3.57. The number of fused-ring (bicyclic) bond motifs is 1. The van der Waals surface area contributed by atoms with Gasteiger partial charge in [-0.25, -0.2) is 4.39 Å². The first-order valence-electron chi connectivity index (χ1n) is 11.1. The van der Waals surface area contributed by atoms with Gasteiger partial charge < -0.3 is 10.2 Å². The number of nitrogens with one attached hydrogen (secondary N) is 1. The van der Waals surface area contributed by atoms with Crippen molar-refractivity contribution in [2.24, 2.45) is 0 Å². The minimum atomic E-state index is -0.213. The summed E-state index contributed by atoms with van der Waals surface area (Å²) < 4.78 is 15.6. The Labute approximate surface area is 185 Å². The van der Waals surface area contributed by atoms with Crippen LogP contribution in [0, 0.1) is 5.82 Å². The van der Waals surface area contributed by atoms with E-state index < -0.39 is 0 Å². The van der Waals surface area contributed by atoms with E-state index in [0.717, 1.165) is 48.4 Å². The molecule has 6 heteroatoms. The molecule has 3 aromatic rings. The van der Waals surface area contributed by atoms with Crippen LogP contribution in [-0.4, -0.2) is 34.6 Å². The van der Waals surface area contributed by atoms with E-state index in [-0.39, 0.29) is 5.82 Å². The number of anilines is 1. The standard InChI is InChI=1S/C20H23FN4S.2C2H6/c1-2-22-16-8-11-24(12-9-16)19-14-25(18-7-4-10-23-20(18)19)26-17-6-3-5-15(21)13-17;2*1-2/h3-7,10,13-14,16,22H,2,8-9,11-12H2,1H3;2*1-2H3. The van der Waals surface area contributed by atoms with Gasteiger partial charge in [0, 0.05) is 36.4 Å². The molecule has 0 spiro atoms. The highest BCUT2D eigenvalue weighted by Gasteiger charge is 2.22. The first kappa shape index (κ1) is 24.2. The van der Waals surface area contributed by atoms with Crippen LogP contribution in [0.3, 0.4) is 0 Å². The molecule has 0 bridgehead atoms. The lowest BCUT2D eigenvalue weighted by atomic mass is 10.0. The third-order valence-corrected chi connectivity index (χ3v) is 5.80. The van der Waals surface area contributed by atoms with E-state index >= 15 is 0 Å². The molecule has 2 aromatic heterocycles. The highest BCUT2D eigenvalue weighted by molar-refractivity contribution is 7.98. The predicted octanol–water partition coefficient (Wildman–Crippen LogP) is 6.36. The quantitative estimate of drug-likeness (QED) is 0.510. The SMILES string of the molecule is CC.CC.CCNC1CCN(c2cn(Sc3cccc(F)c3)c3cccnc23)CC1. The average Bonchev–Trinajstić information content (AvgIpc) is 3.16. The van der Waals surface area contributed by atoms with Crippen LogP contribution in [0.2, 0.25) is 0 Å². The molecule has 1 fully saturated rings. The van der Waals surface area contributed by atoms with Gasteiger partial charge in [-0.15, -0.1) is 0 Å². The monoisotopic (exact) mass is 430 g/mol. The van der Waals surface area contributed by atoms with E-state index in [1.54, 1.807) is 12.1 Å². The Balaban J connectivity index is 0.000000757. The van der Waals surface area contributed by atoms with Crippen molar-refractivity contribution in [3.63, 3.8) is 0 Å². The van der Waals surface area contributed by atoms with Crippen LogP contribution in [0.5, 0.6) is 0 Å². The molecular weight excluding hydrogens is 395 g/mol. The zero-order valence-electron chi connectivity index (χ0n) is 18.9. The number of rotatable bonds is 5. The first-order valence-corrected chi connectivity index (χ1v) is 11.9. The third-order valence-electron chi connectivity index (χ3n) is 4.83. The van der Waals surface area contributed by atoms with Crippen LogP contribution in [-0.2, 0) is 0 Å². The van der Waals surface area contributed by atoms with Crippen LogP contribution in [0.4, 0.5) is 10.1 Å². The lowest BCUT2D eigenvalue weighted by Crippen LogP contribution is -2.42. The van der Waals surface area contributed by atoms with E-state index in [1.807, 2.05) is 46.0 Å². The zero-order chi connectivity index (χ0) is 21.9. The highest BCUT2D eigenvalue weighted by atomic mass is 32.2. The van der Waals surface area contributed by atoms with Crippen LogP contribution in [0.25, 0.3) is 11.0 Å². The summed E-state index contributed by atoms with van der Waals surface area (Å²) in [7, 11) is 0. The molecule has 0 atom stereocenters. The molecule has 1 N–H and O–H groups in total. The van der Waals surface area contributed by atoms with Crippen molar-refractivity contribution in [1.29, 1.82) is 0 Å². The molecule has 0 amide bonds. The highest BCUT2D eigenvalue weighted by Crippen LogP contribution is 2.34. The van der Waals surface area contributed by atoms with E-state index in [4.69, 9.17) is 0 Å². The summed E-state index contributed by atoms with van der Waals surface area (Å²) in [6.07, 6.45) is 6.27. The summed E-state index contributed by atoms with van der Waals surface area (Å²) in [5.41, 5.74) is 3.24. The normalized spacial score (nSPS) is 14.0. The lowest BCUT2D eigenvalue weighted by molar-refractivity contribution is 0.424. The van der Waals surface area contributed by atoms with Gasteiger partial charge in [0.25, 0.3) is 0 Å². The van der Waals surface area contributed by atoms with Crippen LogP contribution in [0.1, 0.15) is 47.5 Å². The van der Waals surface area contributed by atoms with E-state index in [2.05, 4.69) is 38.4 Å². The summed E-state index contributed by atoms with van der Waals surface area (Å²) in [4.78, 5) is 7.93. The van der Waals surface area contributed by atoms with Crippen LogP contribution in [0.15, 0.2) is 53.7 Å². The molecular formula is C24H35FN4S. The summed E-state index contributed by atoms with van der Waals surface area (Å²) in [5, 5.41) is 3.55. The van der Waals surface area contributed by atoms with Gasteiger partial charge >= 0.3 is 0 Å². The number of hydrogen-bond acceptors (Lipinski definition) is 4. The number of nitrogens with zero attached hydrogens (tertiary/aromatic N) is 3. The van der Waals surface area contributed by atoms with Crippen molar-refractivity contribution in [2.75, 3.05) is 24.5 Å². The fourth-order valence-corrected chi connectivity index (χ4v) is 4.50. The maximum atomic E-state index is 13.5. The predicted molar refractivity (Wildman–Crippen MR) is 129 cm³/mol. The Bertz CT molecular complexity index is 888. The zero-order valence-corrected chi connectivity index (χ0v) is 19.7. The van der Waals surface area contributed by atoms with Crippen LogP contribution >= 0.6 is 11.9 Å². The minimum Gasteiger partial charge on any atom is -0.368 e. The van der Waals surface area contributed by atoms with E-state index in [1.165, 1.54) is 23.7 Å². The van der Waals surface area contributed by atoms with Gasteiger partial charge in [0.1, 0.15) is 11.3 Å². The number of aromatic nitrogens is 2. The molecule has 164 valence electrons. The number of pyridine rings is 1. The van der Waals surface area contributed by atoms with Crippen molar-refractivity contribution in [3.8, 4) is 0 Å². The second-order valence-electron chi connectivity index (χ2n) is 6.58. The van der Waals surface area contributed by atoms with Gasteiger partial charge in [0.2, 0.25) is 0 Å². The van der Waals surface area contributed by atoms with Crippen molar-refractivity contribution in [1.82, 2.24) is 14.3 Å². The number of piperidine rings is 1. The molecule has 0 unspecified atom stereocenters. The topological polar surface area (TPSA) is 33.1 Å². The largest absolute Gasteiger partial charge is 0.368 e. The number of hydrogen-bond donors (Lipinski definition) is 1. The molecule has 0 radical (unpaired) electrons. The Hall–Kier alpha value is -2.05. The maximum Gasteiger partial charge on any atom is 0.124 e. The van der Waals surface area contributed by atoms with Gasteiger partial charge in [-0.1, -0.05) is 40.7 Å². The van der Waals surface area contributed by atoms with Crippen molar-refractivity contribution in [2.45, 2.75) is 58.4 Å². The number of benzene rings is 1. The minimum absolute atomic E-state index is 0.213. The summed E-state index contributed by atoms with van der Waals surface area (Å²) in [5.74, 6) is -0.213. The summed E-state index contributed by atoms with van der Waals surface area (Å²) in [6.45, 7) is 13.2. The molecule has 1 aliphatic heterocycles. The van der Waals surface area contributed by atoms with Gasteiger partial charge in [-0.05, 0) is 61.7 Å². The first-order chi connectivity index (χ1) is 14.7. The van der Waals surface area contributed by atoms with Gasteiger partial charge in [-0.3, -0.25) is 8.96 Å². The van der Waals surface area contributed by atoms with Gasteiger partial charge in [0.15, 0.2) is 0 Å². The Morgan fingerprint density at radius 2 is 1.83 bits per heavy atom. The third kappa shape index (κ3) is 5.99. The van der Waals surface area contributed by atoms with Gasteiger partial charge in [-0.2, -0.15) is 0 Å². The molecule has 1 aromatic carbocycles. The maximum absolute atomic E-state index is 13.5. The van der Waals surface area contributed by atoms with Crippen molar-refractivity contribution < 1.29 is 4.39 Å². The molecule has 4 nitrogen and oxygen atoms in total. The molecule has 0 saturated carbocycles. The summed E-state index contributed by atoms with van der Waals surface area (Å²) >= 11 is 1.52. The molecule has 0 aliphatic carbocycles. The average molecular weight is 431 g/mol. The lowest BCUT2D eigenvalue weighted by Gasteiger charge is -2.33. The second kappa shape index (κ2) is 12.6. The van der Waals surface area contributed by atoms with Crippen molar-refractivity contribution >= 4 is 28.7 Å². The van der Waals surface area contributed by atoms with Crippen molar-refractivity contribution in [3.05, 3.63) is 54.6 Å². The Morgan fingerprint density at radius 1 is 1.10 bits per heavy atom. The summed E-state index contributed by atoms with van der Waals surface area (Å²) in [6, 6.07) is 11.3. The fraction of sp³-hybridized carbons (Fsp3) is 0.458. The van der Waals surface area contributed by atoms with Gasteiger partial charge in [0.05, 0.1) is 11.2 Å². The molecule has 30 heavy (non-hydrogen) atoms. The smallest absolute Gasteiger partial charge is 0.124 e. The molecule has 3 heterocycles. The van der Waals surface area contributed by atoms with Crippen LogP contribution < -0.4 is 10.2 Å². The Morgan fingerprint density at radius 3 is 2.50 bits per heavy atom. The molecule has 1 aliphatic rings. The second-order valence-corrected chi connectivity index (χ2v) is 7.63. The Kier molecular flexibility index (Phi) is 10.2. The molecule has 1 saturated heterocycles. The van der Waals surface area contributed by atoms with E-state index in [9.17, 15) is 4.39 Å². The van der Waals surface area contributed by atoms with E-state index in [0.29, 0.717) is 6.04 Å².